The van der Waals surface area contributed by atoms with Crippen molar-refractivity contribution in [3.05, 3.63) is 47.4 Å². The van der Waals surface area contributed by atoms with E-state index < -0.39 is 6.10 Å². The van der Waals surface area contributed by atoms with Gasteiger partial charge in [-0.05, 0) is 6.07 Å². The van der Waals surface area contributed by atoms with Gasteiger partial charge >= 0.3 is 0 Å². The molecule has 4 heteroatoms. The zero-order valence-corrected chi connectivity index (χ0v) is 9.34. The molecule has 0 fully saturated rings. The topological polar surface area (TPSA) is 59.3 Å². The summed E-state index contributed by atoms with van der Waals surface area (Å²) in [7, 11) is 1.44. The Balaban J connectivity index is 2.33. The molecular formula is C13H11NO3. The van der Waals surface area contributed by atoms with Crippen LogP contribution in [0.1, 0.15) is 23.7 Å². The van der Waals surface area contributed by atoms with Crippen molar-refractivity contribution in [2.24, 2.45) is 0 Å². The van der Waals surface area contributed by atoms with Gasteiger partial charge in [-0.25, -0.2) is 0 Å². The molecule has 0 saturated carbocycles. The molecule has 1 atom stereocenters. The van der Waals surface area contributed by atoms with E-state index in [1.54, 1.807) is 18.2 Å². The first-order valence-electron chi connectivity index (χ1n) is 5.19. The molecule has 1 aliphatic heterocycles. The smallest absolute Gasteiger partial charge is 0.283 e. The molecule has 1 aromatic rings. The summed E-state index contributed by atoms with van der Waals surface area (Å²) in [6, 6.07) is 9.17. The van der Waals surface area contributed by atoms with E-state index in [1.807, 2.05) is 6.07 Å². The van der Waals surface area contributed by atoms with Gasteiger partial charge in [0.15, 0.2) is 5.78 Å². The third-order valence-corrected chi connectivity index (χ3v) is 2.55. The lowest BCUT2D eigenvalue weighted by molar-refractivity contribution is -0.121. The zero-order chi connectivity index (χ0) is 12.3. The standard InChI is InChI=1S/C13H11NO3/c1-16-13-7-10(15)6-12(17-13)11-5-3-2-4-9(11)8-14/h2-5,7,12H,6H2,1H3/t12-/m0/s1. The van der Waals surface area contributed by atoms with Gasteiger partial charge in [0.2, 0.25) is 0 Å². The van der Waals surface area contributed by atoms with E-state index in [2.05, 4.69) is 6.07 Å². The van der Waals surface area contributed by atoms with Crippen molar-refractivity contribution in [1.82, 2.24) is 0 Å². The van der Waals surface area contributed by atoms with Gasteiger partial charge in [-0.1, -0.05) is 18.2 Å². The van der Waals surface area contributed by atoms with Crippen molar-refractivity contribution < 1.29 is 14.3 Å². The Labute approximate surface area is 99.1 Å². The summed E-state index contributed by atoms with van der Waals surface area (Å²) >= 11 is 0. The third-order valence-electron chi connectivity index (χ3n) is 2.55. The molecule has 0 aromatic heterocycles. The van der Waals surface area contributed by atoms with Gasteiger partial charge in [-0.15, -0.1) is 0 Å². The van der Waals surface area contributed by atoms with Gasteiger partial charge in [0.05, 0.1) is 31.2 Å². The number of ketones is 1. The molecule has 0 spiro atoms. The first-order chi connectivity index (χ1) is 8.24. The summed E-state index contributed by atoms with van der Waals surface area (Å²) in [4.78, 5) is 11.5. The van der Waals surface area contributed by atoms with E-state index in [4.69, 9.17) is 14.7 Å². The average molecular weight is 229 g/mol. The predicted molar refractivity (Wildman–Crippen MR) is 59.7 cm³/mol. The molecule has 1 heterocycles. The summed E-state index contributed by atoms with van der Waals surface area (Å²) in [6.07, 6.45) is 1.11. The first-order valence-corrected chi connectivity index (χ1v) is 5.19. The van der Waals surface area contributed by atoms with Crippen LogP contribution in [0.4, 0.5) is 0 Å². The highest BCUT2D eigenvalue weighted by Crippen LogP contribution is 2.30. The zero-order valence-electron chi connectivity index (χ0n) is 9.34. The van der Waals surface area contributed by atoms with Crippen molar-refractivity contribution in [1.29, 1.82) is 5.26 Å². The lowest BCUT2D eigenvalue weighted by Gasteiger charge is -2.23. The lowest BCUT2D eigenvalue weighted by Crippen LogP contribution is -2.17. The van der Waals surface area contributed by atoms with E-state index in [0.29, 0.717) is 11.1 Å². The summed E-state index contributed by atoms with van der Waals surface area (Å²) in [5.74, 6) is 0.129. The number of nitrogens with zero attached hydrogens (tertiary/aromatic N) is 1. The Morgan fingerprint density at radius 3 is 2.94 bits per heavy atom. The van der Waals surface area contributed by atoms with Crippen LogP contribution in [-0.4, -0.2) is 12.9 Å². The van der Waals surface area contributed by atoms with Crippen LogP contribution in [0.15, 0.2) is 36.3 Å². The molecule has 0 N–H and O–H groups in total. The third kappa shape index (κ3) is 2.28. The van der Waals surface area contributed by atoms with E-state index in [9.17, 15) is 4.79 Å². The monoisotopic (exact) mass is 229 g/mol. The Hall–Kier alpha value is -2.28. The number of rotatable bonds is 2. The van der Waals surface area contributed by atoms with Crippen molar-refractivity contribution >= 4 is 5.78 Å². The van der Waals surface area contributed by atoms with Crippen LogP contribution in [0.5, 0.6) is 0 Å². The molecule has 2 rings (SSSR count). The van der Waals surface area contributed by atoms with Gasteiger partial charge in [0.1, 0.15) is 6.10 Å². The molecule has 0 saturated heterocycles. The van der Waals surface area contributed by atoms with Crippen molar-refractivity contribution in [2.45, 2.75) is 12.5 Å². The highest BCUT2D eigenvalue weighted by Gasteiger charge is 2.25. The summed E-state index contributed by atoms with van der Waals surface area (Å²) in [5, 5.41) is 9.00. The number of hydrogen-bond acceptors (Lipinski definition) is 4. The number of nitriles is 1. The number of methoxy groups -OCH3 is 1. The van der Waals surface area contributed by atoms with Crippen molar-refractivity contribution in [3.8, 4) is 6.07 Å². The van der Waals surface area contributed by atoms with Crippen LogP contribution in [-0.2, 0) is 14.3 Å². The van der Waals surface area contributed by atoms with Gasteiger partial charge in [0.25, 0.3) is 5.95 Å². The highest BCUT2D eigenvalue weighted by molar-refractivity contribution is 5.91. The van der Waals surface area contributed by atoms with Crippen LogP contribution in [0.25, 0.3) is 0 Å². The number of carbonyl (C=O) groups excluding carboxylic acids is 1. The number of allylic oxidation sites excluding steroid dienone is 1. The van der Waals surface area contributed by atoms with Crippen LogP contribution >= 0.6 is 0 Å². The predicted octanol–water partition coefficient (Wildman–Crippen LogP) is 2.08. The minimum Gasteiger partial charge on any atom is -0.469 e. The number of benzene rings is 1. The molecule has 4 nitrogen and oxygen atoms in total. The molecule has 0 aliphatic carbocycles. The second-order valence-corrected chi connectivity index (χ2v) is 3.64. The maximum absolute atomic E-state index is 11.5. The largest absolute Gasteiger partial charge is 0.469 e. The van der Waals surface area contributed by atoms with Crippen molar-refractivity contribution in [2.75, 3.05) is 7.11 Å². The first kappa shape index (κ1) is 11.2. The van der Waals surface area contributed by atoms with Crippen LogP contribution in [0.2, 0.25) is 0 Å². The molecule has 0 radical (unpaired) electrons. The van der Waals surface area contributed by atoms with Gasteiger partial charge in [-0.2, -0.15) is 5.26 Å². The second kappa shape index (κ2) is 4.71. The molecular weight excluding hydrogens is 218 g/mol. The van der Waals surface area contributed by atoms with Crippen LogP contribution in [0.3, 0.4) is 0 Å². The Bertz CT molecular complexity index is 514. The summed E-state index contributed by atoms with van der Waals surface area (Å²) in [5.41, 5.74) is 1.23. The fourth-order valence-electron chi connectivity index (χ4n) is 1.75. The fourth-order valence-corrected chi connectivity index (χ4v) is 1.75. The molecule has 0 unspecified atom stereocenters. The van der Waals surface area contributed by atoms with E-state index in [1.165, 1.54) is 13.2 Å². The second-order valence-electron chi connectivity index (χ2n) is 3.64. The van der Waals surface area contributed by atoms with E-state index >= 15 is 0 Å². The SMILES string of the molecule is COC1=CC(=O)C[C@@H](c2ccccc2C#N)O1. The van der Waals surface area contributed by atoms with Crippen LogP contribution in [0, 0.1) is 11.3 Å². The van der Waals surface area contributed by atoms with E-state index in [0.717, 1.165) is 0 Å². The van der Waals surface area contributed by atoms with Gasteiger partial charge < -0.3 is 9.47 Å². The number of ether oxygens (including phenoxy) is 2. The fraction of sp³-hybridized carbons (Fsp3) is 0.231. The van der Waals surface area contributed by atoms with E-state index in [-0.39, 0.29) is 18.1 Å². The Morgan fingerprint density at radius 1 is 1.47 bits per heavy atom. The normalized spacial score (nSPS) is 18.9. The molecule has 17 heavy (non-hydrogen) atoms. The maximum Gasteiger partial charge on any atom is 0.283 e. The maximum atomic E-state index is 11.5. The Morgan fingerprint density at radius 2 is 2.24 bits per heavy atom. The quantitative estimate of drug-likeness (QED) is 0.779. The lowest BCUT2D eigenvalue weighted by atomic mass is 9.98. The number of hydrogen-bond donors (Lipinski definition) is 0. The highest BCUT2D eigenvalue weighted by atomic mass is 16.7. The molecule has 0 amide bonds. The van der Waals surface area contributed by atoms with Crippen LogP contribution < -0.4 is 0 Å². The van der Waals surface area contributed by atoms with Gasteiger partial charge in [-0.3, -0.25) is 4.79 Å². The molecule has 1 aliphatic rings. The number of carbonyl (C=O) groups is 1. The minimum atomic E-state index is -0.446. The van der Waals surface area contributed by atoms with Gasteiger partial charge in [0, 0.05) is 5.56 Å². The average Bonchev–Trinajstić information content (AvgIpc) is 2.37. The molecule has 1 aromatic carbocycles. The minimum absolute atomic E-state index is 0.0640. The molecule has 86 valence electrons. The summed E-state index contributed by atoms with van der Waals surface area (Å²) in [6.45, 7) is 0. The van der Waals surface area contributed by atoms with Crippen molar-refractivity contribution in [3.63, 3.8) is 0 Å². The Kier molecular flexibility index (Phi) is 3.10. The molecule has 0 bridgehead atoms. The summed E-state index contributed by atoms with van der Waals surface area (Å²) < 4.78 is 10.4.